The summed E-state index contributed by atoms with van der Waals surface area (Å²) in [6.07, 6.45) is 0. The largest absolute Gasteiger partial charge is 0.325 e. The van der Waals surface area contributed by atoms with Gasteiger partial charge in [-0.3, -0.25) is 4.90 Å². The lowest BCUT2D eigenvalue weighted by Gasteiger charge is -2.37. The van der Waals surface area contributed by atoms with E-state index in [0.717, 1.165) is 45.8 Å². The number of hydrogen-bond acceptors (Lipinski definition) is 2. The van der Waals surface area contributed by atoms with Crippen LogP contribution in [0.1, 0.15) is 25.0 Å². The number of aryl methyl sites for hydroxylation is 1. The zero-order valence-electron chi connectivity index (χ0n) is 13.5. The molecule has 1 saturated heterocycles. The molecule has 0 N–H and O–H groups in total. The van der Waals surface area contributed by atoms with Gasteiger partial charge in [0.15, 0.2) is 0 Å². The van der Waals surface area contributed by atoms with Crippen molar-refractivity contribution in [3.05, 3.63) is 35.4 Å². The van der Waals surface area contributed by atoms with E-state index in [1.54, 1.807) is 0 Å². The third kappa shape index (κ3) is 4.21. The Hall–Kier alpha value is -1.55. The van der Waals surface area contributed by atoms with E-state index in [2.05, 4.69) is 36.1 Å². The Morgan fingerprint density at radius 2 is 1.62 bits per heavy atom. The molecule has 1 heterocycles. The van der Waals surface area contributed by atoms with Crippen LogP contribution >= 0.6 is 0 Å². The molecule has 2 amide bonds. The molecule has 0 radical (unpaired) electrons. The van der Waals surface area contributed by atoms with Crippen molar-refractivity contribution in [2.24, 2.45) is 0 Å². The highest BCUT2D eigenvalue weighted by Crippen LogP contribution is 2.11. The highest BCUT2D eigenvalue weighted by Gasteiger charge is 2.23. The molecule has 0 spiro atoms. The van der Waals surface area contributed by atoms with Gasteiger partial charge < -0.3 is 9.80 Å². The van der Waals surface area contributed by atoms with Crippen LogP contribution in [0, 0.1) is 6.92 Å². The normalized spacial score (nSPS) is 16.0. The standard InChI is InChI=1S/C17H27N3O/c1-4-19(5-2)17(21)20-12-10-18(11-13-20)14-16-8-6-15(3)7-9-16/h6-9H,4-5,10-14H2,1-3H3. The number of piperazine rings is 1. The molecule has 2 rings (SSSR count). The maximum atomic E-state index is 12.3. The fourth-order valence-electron chi connectivity index (χ4n) is 2.74. The van der Waals surface area contributed by atoms with Gasteiger partial charge in [-0.1, -0.05) is 29.8 Å². The van der Waals surface area contributed by atoms with Crippen LogP contribution < -0.4 is 0 Å². The van der Waals surface area contributed by atoms with Gasteiger partial charge in [-0.05, 0) is 26.3 Å². The Morgan fingerprint density at radius 3 is 2.14 bits per heavy atom. The van der Waals surface area contributed by atoms with Gasteiger partial charge in [-0.15, -0.1) is 0 Å². The van der Waals surface area contributed by atoms with Crippen LogP contribution in [0.4, 0.5) is 4.79 Å². The zero-order valence-corrected chi connectivity index (χ0v) is 13.5. The van der Waals surface area contributed by atoms with Crippen molar-refractivity contribution in [1.82, 2.24) is 14.7 Å². The Labute approximate surface area is 128 Å². The van der Waals surface area contributed by atoms with Crippen molar-refractivity contribution < 1.29 is 4.79 Å². The maximum absolute atomic E-state index is 12.3. The first-order valence-corrected chi connectivity index (χ1v) is 7.95. The Kier molecular flexibility index (Phi) is 5.62. The fourth-order valence-corrected chi connectivity index (χ4v) is 2.74. The van der Waals surface area contributed by atoms with Crippen molar-refractivity contribution in [3.63, 3.8) is 0 Å². The molecule has 0 saturated carbocycles. The lowest BCUT2D eigenvalue weighted by atomic mass is 10.1. The van der Waals surface area contributed by atoms with Crippen molar-refractivity contribution in [1.29, 1.82) is 0 Å². The minimum atomic E-state index is 0.190. The molecule has 4 heteroatoms. The molecular weight excluding hydrogens is 262 g/mol. The van der Waals surface area contributed by atoms with Gasteiger partial charge in [0.05, 0.1) is 0 Å². The van der Waals surface area contributed by atoms with Crippen LogP contribution in [0.2, 0.25) is 0 Å². The van der Waals surface area contributed by atoms with Crippen LogP contribution in [0.25, 0.3) is 0 Å². The number of carbonyl (C=O) groups is 1. The third-order valence-corrected chi connectivity index (χ3v) is 4.20. The first-order valence-electron chi connectivity index (χ1n) is 7.95. The van der Waals surface area contributed by atoms with Crippen LogP contribution in [0.15, 0.2) is 24.3 Å². The van der Waals surface area contributed by atoms with Gasteiger partial charge in [0.1, 0.15) is 0 Å². The summed E-state index contributed by atoms with van der Waals surface area (Å²) in [6.45, 7) is 12.3. The van der Waals surface area contributed by atoms with E-state index in [4.69, 9.17) is 0 Å². The van der Waals surface area contributed by atoms with Crippen LogP contribution in [0.3, 0.4) is 0 Å². The predicted molar refractivity (Wildman–Crippen MR) is 86.3 cm³/mol. The van der Waals surface area contributed by atoms with Gasteiger partial charge in [-0.2, -0.15) is 0 Å². The van der Waals surface area contributed by atoms with Crippen molar-refractivity contribution in [2.75, 3.05) is 39.3 Å². The van der Waals surface area contributed by atoms with Gasteiger partial charge >= 0.3 is 6.03 Å². The van der Waals surface area contributed by atoms with E-state index in [1.165, 1.54) is 11.1 Å². The molecule has 21 heavy (non-hydrogen) atoms. The van der Waals surface area contributed by atoms with E-state index in [9.17, 15) is 4.79 Å². The number of carbonyl (C=O) groups excluding carboxylic acids is 1. The van der Waals surface area contributed by atoms with Gasteiger partial charge in [0.25, 0.3) is 0 Å². The molecular formula is C17H27N3O. The lowest BCUT2D eigenvalue weighted by Crippen LogP contribution is -2.52. The molecule has 1 aliphatic rings. The topological polar surface area (TPSA) is 26.8 Å². The second kappa shape index (κ2) is 7.46. The number of hydrogen-bond donors (Lipinski definition) is 0. The van der Waals surface area contributed by atoms with E-state index < -0.39 is 0 Å². The summed E-state index contributed by atoms with van der Waals surface area (Å²) in [5.74, 6) is 0. The van der Waals surface area contributed by atoms with Crippen molar-refractivity contribution >= 4 is 6.03 Å². The number of rotatable bonds is 4. The summed E-state index contributed by atoms with van der Waals surface area (Å²) >= 11 is 0. The molecule has 0 aromatic heterocycles. The molecule has 1 aromatic rings. The predicted octanol–water partition coefficient (Wildman–Crippen LogP) is 2.57. The Morgan fingerprint density at radius 1 is 1.05 bits per heavy atom. The van der Waals surface area contributed by atoms with Crippen molar-refractivity contribution in [2.45, 2.75) is 27.3 Å². The van der Waals surface area contributed by atoms with Gasteiger partial charge in [0, 0.05) is 45.8 Å². The summed E-state index contributed by atoms with van der Waals surface area (Å²) in [7, 11) is 0. The van der Waals surface area contributed by atoms with Crippen LogP contribution in [-0.2, 0) is 6.54 Å². The monoisotopic (exact) mass is 289 g/mol. The van der Waals surface area contributed by atoms with Gasteiger partial charge in [0.2, 0.25) is 0 Å². The number of nitrogens with zero attached hydrogens (tertiary/aromatic N) is 3. The SMILES string of the molecule is CCN(CC)C(=O)N1CCN(Cc2ccc(C)cc2)CC1. The molecule has 0 bridgehead atoms. The van der Waals surface area contributed by atoms with Crippen LogP contribution in [0.5, 0.6) is 0 Å². The summed E-state index contributed by atoms with van der Waals surface area (Å²) in [5.41, 5.74) is 2.65. The maximum Gasteiger partial charge on any atom is 0.320 e. The first kappa shape index (κ1) is 15.8. The van der Waals surface area contributed by atoms with Crippen molar-refractivity contribution in [3.8, 4) is 0 Å². The van der Waals surface area contributed by atoms with E-state index in [0.29, 0.717) is 0 Å². The summed E-state index contributed by atoms with van der Waals surface area (Å²) in [4.78, 5) is 18.6. The lowest BCUT2D eigenvalue weighted by molar-refractivity contribution is 0.112. The van der Waals surface area contributed by atoms with E-state index in [-0.39, 0.29) is 6.03 Å². The smallest absolute Gasteiger partial charge is 0.320 e. The molecule has 1 aliphatic heterocycles. The minimum absolute atomic E-state index is 0.190. The summed E-state index contributed by atoms with van der Waals surface area (Å²) < 4.78 is 0. The molecule has 0 aliphatic carbocycles. The molecule has 1 aromatic carbocycles. The second-order valence-electron chi connectivity index (χ2n) is 5.70. The fraction of sp³-hybridized carbons (Fsp3) is 0.588. The molecule has 0 atom stereocenters. The molecule has 116 valence electrons. The molecule has 0 unspecified atom stereocenters. The number of urea groups is 1. The molecule has 1 fully saturated rings. The first-order chi connectivity index (χ1) is 10.1. The van der Waals surface area contributed by atoms with Gasteiger partial charge in [-0.25, -0.2) is 4.79 Å². The zero-order chi connectivity index (χ0) is 15.2. The quantitative estimate of drug-likeness (QED) is 0.852. The Bertz CT molecular complexity index is 446. The third-order valence-electron chi connectivity index (χ3n) is 4.20. The average Bonchev–Trinajstić information content (AvgIpc) is 2.51. The van der Waals surface area contributed by atoms with E-state index in [1.807, 2.05) is 23.6 Å². The second-order valence-corrected chi connectivity index (χ2v) is 5.70. The number of benzene rings is 1. The highest BCUT2D eigenvalue weighted by atomic mass is 16.2. The van der Waals surface area contributed by atoms with E-state index >= 15 is 0 Å². The summed E-state index contributed by atoms with van der Waals surface area (Å²) in [5, 5.41) is 0. The average molecular weight is 289 g/mol. The molecule has 4 nitrogen and oxygen atoms in total. The summed E-state index contributed by atoms with van der Waals surface area (Å²) in [6, 6.07) is 8.91. The van der Waals surface area contributed by atoms with Crippen LogP contribution in [-0.4, -0.2) is 60.0 Å². The minimum Gasteiger partial charge on any atom is -0.325 e. The Balaban J connectivity index is 1.83. The highest BCUT2D eigenvalue weighted by molar-refractivity contribution is 5.74. The number of amides is 2.